The molecular formula is C16H20N4O. The molecule has 1 atom stereocenters. The Kier molecular flexibility index (Phi) is 4.01. The standard InChI is InChI=1S/C16H20N4O/c1-13-11-19(8-7-17-13)16(21)9-14-10-18-20(12-14)15-5-3-2-4-6-15/h2-6,10,12-13,17H,7-9,11H2,1H3. The number of benzene rings is 1. The second-order valence-electron chi connectivity index (χ2n) is 5.50. The normalized spacial score (nSPS) is 18.7. The van der Waals surface area contributed by atoms with E-state index < -0.39 is 0 Å². The Morgan fingerprint density at radius 1 is 1.38 bits per heavy atom. The zero-order valence-electron chi connectivity index (χ0n) is 12.2. The van der Waals surface area contributed by atoms with Crippen LogP contribution in [-0.2, 0) is 11.2 Å². The first kappa shape index (κ1) is 13.8. The van der Waals surface area contributed by atoms with Gasteiger partial charge < -0.3 is 10.2 Å². The van der Waals surface area contributed by atoms with Gasteiger partial charge in [0.25, 0.3) is 0 Å². The fourth-order valence-corrected chi connectivity index (χ4v) is 2.62. The Labute approximate surface area is 124 Å². The van der Waals surface area contributed by atoms with E-state index in [1.165, 1.54) is 0 Å². The van der Waals surface area contributed by atoms with Crippen LogP contribution in [0.1, 0.15) is 12.5 Å². The Morgan fingerprint density at radius 2 is 2.19 bits per heavy atom. The maximum absolute atomic E-state index is 12.3. The summed E-state index contributed by atoms with van der Waals surface area (Å²) < 4.78 is 1.81. The number of hydrogen-bond acceptors (Lipinski definition) is 3. The number of hydrogen-bond donors (Lipinski definition) is 1. The molecule has 1 saturated heterocycles. The summed E-state index contributed by atoms with van der Waals surface area (Å²) in [6.45, 7) is 4.55. The Balaban J connectivity index is 1.66. The van der Waals surface area contributed by atoms with E-state index in [1.807, 2.05) is 46.1 Å². The predicted molar refractivity (Wildman–Crippen MR) is 81.3 cm³/mol. The van der Waals surface area contributed by atoms with Crippen molar-refractivity contribution in [2.24, 2.45) is 0 Å². The van der Waals surface area contributed by atoms with E-state index in [-0.39, 0.29) is 5.91 Å². The average Bonchev–Trinajstić information content (AvgIpc) is 2.97. The molecule has 5 heteroatoms. The van der Waals surface area contributed by atoms with Gasteiger partial charge in [0.15, 0.2) is 0 Å². The van der Waals surface area contributed by atoms with Crippen LogP contribution in [0.15, 0.2) is 42.7 Å². The molecule has 0 aliphatic carbocycles. The number of aromatic nitrogens is 2. The van der Waals surface area contributed by atoms with Crippen molar-refractivity contribution in [1.29, 1.82) is 0 Å². The van der Waals surface area contributed by atoms with Crippen molar-refractivity contribution < 1.29 is 4.79 Å². The summed E-state index contributed by atoms with van der Waals surface area (Å²) in [5.41, 5.74) is 1.96. The second-order valence-corrected chi connectivity index (χ2v) is 5.50. The molecule has 110 valence electrons. The molecule has 2 heterocycles. The lowest BCUT2D eigenvalue weighted by atomic mass is 10.2. The first-order valence-corrected chi connectivity index (χ1v) is 7.32. The number of rotatable bonds is 3. The molecule has 0 bridgehead atoms. The molecule has 3 rings (SSSR count). The topological polar surface area (TPSA) is 50.2 Å². The van der Waals surface area contributed by atoms with Crippen LogP contribution in [0.2, 0.25) is 0 Å². The molecule has 1 aliphatic heterocycles. The van der Waals surface area contributed by atoms with Crippen LogP contribution in [0.25, 0.3) is 5.69 Å². The summed E-state index contributed by atoms with van der Waals surface area (Å²) in [4.78, 5) is 14.3. The van der Waals surface area contributed by atoms with Crippen LogP contribution >= 0.6 is 0 Å². The number of nitrogens with zero attached hydrogens (tertiary/aromatic N) is 3. The number of piperazine rings is 1. The van der Waals surface area contributed by atoms with Crippen LogP contribution in [0.5, 0.6) is 0 Å². The highest BCUT2D eigenvalue weighted by Crippen LogP contribution is 2.10. The maximum atomic E-state index is 12.3. The lowest BCUT2D eigenvalue weighted by Crippen LogP contribution is -2.51. The molecule has 1 N–H and O–H groups in total. The predicted octanol–water partition coefficient (Wildman–Crippen LogP) is 1.24. The largest absolute Gasteiger partial charge is 0.340 e. The van der Waals surface area contributed by atoms with Gasteiger partial charge in [0, 0.05) is 31.9 Å². The first-order valence-electron chi connectivity index (χ1n) is 7.32. The van der Waals surface area contributed by atoms with Crippen LogP contribution in [0.3, 0.4) is 0 Å². The van der Waals surface area contributed by atoms with Gasteiger partial charge in [-0.25, -0.2) is 4.68 Å². The van der Waals surface area contributed by atoms with Gasteiger partial charge in [0.2, 0.25) is 5.91 Å². The highest BCUT2D eigenvalue weighted by atomic mass is 16.2. The smallest absolute Gasteiger partial charge is 0.227 e. The van der Waals surface area contributed by atoms with Crippen molar-refractivity contribution in [2.75, 3.05) is 19.6 Å². The summed E-state index contributed by atoms with van der Waals surface area (Å²) in [6.07, 6.45) is 4.12. The van der Waals surface area contributed by atoms with E-state index in [1.54, 1.807) is 6.20 Å². The van der Waals surface area contributed by atoms with Gasteiger partial charge in [-0.15, -0.1) is 0 Å². The third-order valence-electron chi connectivity index (χ3n) is 3.73. The zero-order valence-corrected chi connectivity index (χ0v) is 12.2. The zero-order chi connectivity index (χ0) is 14.7. The van der Waals surface area contributed by atoms with Crippen LogP contribution in [-0.4, -0.2) is 46.3 Å². The minimum atomic E-state index is 0.177. The van der Waals surface area contributed by atoms with E-state index in [2.05, 4.69) is 17.3 Å². The number of nitrogens with one attached hydrogen (secondary N) is 1. The molecule has 1 unspecified atom stereocenters. The summed E-state index contributed by atoms with van der Waals surface area (Å²) in [5.74, 6) is 0.177. The van der Waals surface area contributed by atoms with E-state index in [9.17, 15) is 4.79 Å². The third kappa shape index (κ3) is 3.31. The SMILES string of the molecule is CC1CN(C(=O)Cc2cnn(-c3ccccc3)c2)CCN1. The fraction of sp³-hybridized carbons (Fsp3) is 0.375. The average molecular weight is 284 g/mol. The number of para-hydroxylation sites is 1. The lowest BCUT2D eigenvalue weighted by Gasteiger charge is -2.31. The van der Waals surface area contributed by atoms with E-state index in [0.29, 0.717) is 12.5 Å². The quantitative estimate of drug-likeness (QED) is 0.922. The van der Waals surface area contributed by atoms with Crippen molar-refractivity contribution >= 4 is 5.91 Å². The number of amides is 1. The Bertz CT molecular complexity index is 608. The summed E-state index contributed by atoms with van der Waals surface area (Å²) in [5, 5.41) is 7.68. The summed E-state index contributed by atoms with van der Waals surface area (Å²) in [7, 11) is 0. The molecule has 1 fully saturated rings. The summed E-state index contributed by atoms with van der Waals surface area (Å²) >= 11 is 0. The van der Waals surface area contributed by atoms with Crippen molar-refractivity contribution in [1.82, 2.24) is 20.0 Å². The van der Waals surface area contributed by atoms with Crippen molar-refractivity contribution in [3.63, 3.8) is 0 Å². The molecule has 1 aliphatic rings. The molecular weight excluding hydrogens is 264 g/mol. The minimum absolute atomic E-state index is 0.177. The van der Waals surface area contributed by atoms with E-state index in [0.717, 1.165) is 30.9 Å². The Morgan fingerprint density at radius 3 is 2.95 bits per heavy atom. The highest BCUT2D eigenvalue weighted by molar-refractivity contribution is 5.78. The molecule has 21 heavy (non-hydrogen) atoms. The molecule has 5 nitrogen and oxygen atoms in total. The lowest BCUT2D eigenvalue weighted by molar-refractivity contribution is -0.131. The van der Waals surface area contributed by atoms with Gasteiger partial charge in [-0.2, -0.15) is 5.10 Å². The number of carbonyl (C=O) groups is 1. The van der Waals surface area contributed by atoms with Gasteiger partial charge in [-0.05, 0) is 24.6 Å². The van der Waals surface area contributed by atoms with Gasteiger partial charge in [0.1, 0.15) is 0 Å². The second kappa shape index (κ2) is 6.10. The molecule has 0 saturated carbocycles. The van der Waals surface area contributed by atoms with Gasteiger partial charge in [0.05, 0.1) is 18.3 Å². The third-order valence-corrected chi connectivity index (χ3v) is 3.73. The maximum Gasteiger partial charge on any atom is 0.227 e. The van der Waals surface area contributed by atoms with Crippen LogP contribution in [0, 0.1) is 0 Å². The van der Waals surface area contributed by atoms with Gasteiger partial charge >= 0.3 is 0 Å². The minimum Gasteiger partial charge on any atom is -0.340 e. The molecule has 2 aromatic rings. The molecule has 1 amide bonds. The number of carbonyl (C=O) groups excluding carboxylic acids is 1. The van der Waals surface area contributed by atoms with E-state index >= 15 is 0 Å². The van der Waals surface area contributed by atoms with Gasteiger partial charge in [-0.3, -0.25) is 4.79 Å². The highest BCUT2D eigenvalue weighted by Gasteiger charge is 2.20. The van der Waals surface area contributed by atoms with Crippen LogP contribution < -0.4 is 5.32 Å². The summed E-state index contributed by atoms with van der Waals surface area (Å²) in [6, 6.07) is 10.3. The first-order chi connectivity index (χ1) is 10.2. The van der Waals surface area contributed by atoms with Crippen molar-refractivity contribution in [3.05, 3.63) is 48.3 Å². The monoisotopic (exact) mass is 284 g/mol. The van der Waals surface area contributed by atoms with Crippen molar-refractivity contribution in [2.45, 2.75) is 19.4 Å². The van der Waals surface area contributed by atoms with Gasteiger partial charge in [-0.1, -0.05) is 18.2 Å². The Hall–Kier alpha value is -2.14. The molecule has 0 radical (unpaired) electrons. The van der Waals surface area contributed by atoms with Crippen LogP contribution in [0.4, 0.5) is 0 Å². The molecule has 0 spiro atoms. The van der Waals surface area contributed by atoms with Crippen molar-refractivity contribution in [3.8, 4) is 5.69 Å². The fourth-order valence-electron chi connectivity index (χ4n) is 2.62. The molecule has 1 aromatic heterocycles. The van der Waals surface area contributed by atoms with E-state index in [4.69, 9.17) is 0 Å². The molecule has 1 aromatic carbocycles.